The number of carbonyl (C=O) groups excluding carboxylic acids is 1. The van der Waals surface area contributed by atoms with Crippen LogP contribution in [0.5, 0.6) is 0 Å². The van der Waals surface area contributed by atoms with Gasteiger partial charge in [-0.25, -0.2) is 10.8 Å². The Kier molecular flexibility index (Phi) is 3.38. The second kappa shape index (κ2) is 5.17. The van der Waals surface area contributed by atoms with Gasteiger partial charge in [-0.2, -0.15) is 0 Å². The van der Waals surface area contributed by atoms with Crippen LogP contribution in [0.4, 0.5) is 5.82 Å². The maximum Gasteiger partial charge on any atom is 0.252 e. The molecule has 2 fully saturated rings. The van der Waals surface area contributed by atoms with E-state index in [0.717, 1.165) is 18.4 Å². The van der Waals surface area contributed by atoms with E-state index in [9.17, 15) is 4.79 Å². The number of anilines is 1. The average Bonchev–Trinajstić information content (AvgIpc) is 3.07. The molecule has 2 saturated carbocycles. The number of aromatic nitrogens is 1. The lowest BCUT2D eigenvalue weighted by atomic mass is 9.89. The summed E-state index contributed by atoms with van der Waals surface area (Å²) in [6, 6.07) is 3.44. The molecule has 3 rings (SSSR count). The first-order valence-corrected chi connectivity index (χ1v) is 6.97. The Hall–Kier alpha value is -1.62. The zero-order valence-corrected chi connectivity index (χ0v) is 10.9. The Morgan fingerprint density at radius 2 is 2.26 bits per heavy atom. The second-order valence-electron chi connectivity index (χ2n) is 5.72. The van der Waals surface area contributed by atoms with E-state index in [1.54, 1.807) is 18.3 Å². The molecule has 3 atom stereocenters. The van der Waals surface area contributed by atoms with Crippen molar-refractivity contribution in [1.82, 2.24) is 10.3 Å². The molecule has 0 spiro atoms. The third-order valence-corrected chi connectivity index (χ3v) is 4.58. The van der Waals surface area contributed by atoms with Gasteiger partial charge in [0.15, 0.2) is 0 Å². The molecule has 5 heteroatoms. The zero-order chi connectivity index (χ0) is 13.2. The first-order valence-electron chi connectivity index (χ1n) is 6.97. The summed E-state index contributed by atoms with van der Waals surface area (Å²) in [7, 11) is 0. The summed E-state index contributed by atoms with van der Waals surface area (Å²) in [4.78, 5) is 16.0. The van der Waals surface area contributed by atoms with Crippen LogP contribution < -0.4 is 16.6 Å². The number of amides is 1. The van der Waals surface area contributed by atoms with Gasteiger partial charge in [0.2, 0.25) is 0 Å². The van der Waals surface area contributed by atoms with Crippen LogP contribution in [0.25, 0.3) is 0 Å². The molecular formula is C14H20N4O. The third-order valence-electron chi connectivity index (χ3n) is 4.58. The van der Waals surface area contributed by atoms with Crippen LogP contribution in [-0.2, 0) is 0 Å². The molecule has 5 nitrogen and oxygen atoms in total. The van der Waals surface area contributed by atoms with Gasteiger partial charge in [0, 0.05) is 12.7 Å². The van der Waals surface area contributed by atoms with E-state index in [1.807, 2.05) is 0 Å². The number of nitrogens with two attached hydrogens (primary N) is 1. The van der Waals surface area contributed by atoms with Crippen molar-refractivity contribution >= 4 is 11.7 Å². The normalized spacial score (nSPS) is 28.4. The highest BCUT2D eigenvalue weighted by atomic mass is 16.1. The fourth-order valence-corrected chi connectivity index (χ4v) is 3.57. The Labute approximate surface area is 112 Å². The van der Waals surface area contributed by atoms with Crippen LogP contribution in [0.2, 0.25) is 0 Å². The topological polar surface area (TPSA) is 80.0 Å². The molecule has 1 aromatic heterocycles. The van der Waals surface area contributed by atoms with Crippen molar-refractivity contribution in [3.63, 3.8) is 0 Å². The lowest BCUT2D eigenvalue weighted by molar-refractivity contribution is 0.0941. The summed E-state index contributed by atoms with van der Waals surface area (Å²) >= 11 is 0. The Bertz CT molecular complexity index is 459. The van der Waals surface area contributed by atoms with Crippen molar-refractivity contribution in [3.05, 3.63) is 23.9 Å². The molecule has 19 heavy (non-hydrogen) atoms. The van der Waals surface area contributed by atoms with Crippen molar-refractivity contribution < 1.29 is 4.79 Å². The molecule has 0 saturated heterocycles. The maximum absolute atomic E-state index is 12.0. The van der Waals surface area contributed by atoms with Gasteiger partial charge in [-0.15, -0.1) is 0 Å². The van der Waals surface area contributed by atoms with Crippen LogP contribution in [0, 0.1) is 17.8 Å². The van der Waals surface area contributed by atoms with Gasteiger partial charge in [0.05, 0.1) is 5.56 Å². The minimum Gasteiger partial charge on any atom is -0.352 e. The number of nitrogens with one attached hydrogen (secondary N) is 2. The summed E-state index contributed by atoms with van der Waals surface area (Å²) in [5.74, 6) is 8.20. The number of hydrogen-bond acceptors (Lipinski definition) is 4. The molecule has 0 radical (unpaired) electrons. The molecule has 2 aliphatic carbocycles. The lowest BCUT2D eigenvalue weighted by Crippen LogP contribution is -2.31. The van der Waals surface area contributed by atoms with E-state index in [1.165, 1.54) is 25.7 Å². The first kappa shape index (κ1) is 12.4. The Morgan fingerprint density at radius 1 is 1.37 bits per heavy atom. The SMILES string of the molecule is NNc1ccc(C(=O)NCC2CC3CCC2C3)cn1. The summed E-state index contributed by atoms with van der Waals surface area (Å²) in [5.41, 5.74) is 3.03. The average molecular weight is 260 g/mol. The van der Waals surface area contributed by atoms with Gasteiger partial charge in [-0.3, -0.25) is 4.79 Å². The Morgan fingerprint density at radius 3 is 2.84 bits per heavy atom. The van der Waals surface area contributed by atoms with Gasteiger partial charge in [0.25, 0.3) is 5.91 Å². The number of rotatable bonds is 4. The number of fused-ring (bicyclic) bond motifs is 2. The largest absolute Gasteiger partial charge is 0.352 e. The number of hydrogen-bond donors (Lipinski definition) is 3. The highest BCUT2D eigenvalue weighted by molar-refractivity contribution is 5.94. The molecule has 2 bridgehead atoms. The molecule has 4 N–H and O–H groups in total. The molecular weight excluding hydrogens is 240 g/mol. The second-order valence-corrected chi connectivity index (χ2v) is 5.72. The minimum atomic E-state index is -0.0427. The minimum absolute atomic E-state index is 0.0427. The van der Waals surface area contributed by atoms with Gasteiger partial charge in [0.1, 0.15) is 5.82 Å². The standard InChI is InChI=1S/C14H20N4O/c15-18-13-4-3-11(7-16-13)14(19)17-8-12-6-9-1-2-10(12)5-9/h3-4,7,9-10,12H,1-2,5-6,8,15H2,(H,16,18)(H,17,19). The molecule has 3 unspecified atom stereocenters. The zero-order valence-electron chi connectivity index (χ0n) is 10.9. The predicted octanol–water partition coefficient (Wildman–Crippen LogP) is 1.53. The fourth-order valence-electron chi connectivity index (χ4n) is 3.57. The third kappa shape index (κ3) is 2.56. The maximum atomic E-state index is 12.0. The Balaban J connectivity index is 1.53. The number of nitrogen functional groups attached to an aromatic ring is 1. The van der Waals surface area contributed by atoms with E-state index in [2.05, 4.69) is 15.7 Å². The predicted molar refractivity (Wildman–Crippen MR) is 73.3 cm³/mol. The summed E-state index contributed by atoms with van der Waals surface area (Å²) in [6.45, 7) is 0.802. The van der Waals surface area contributed by atoms with Gasteiger partial charge < -0.3 is 10.7 Å². The molecule has 102 valence electrons. The van der Waals surface area contributed by atoms with Crippen LogP contribution in [0.15, 0.2) is 18.3 Å². The van der Waals surface area contributed by atoms with E-state index < -0.39 is 0 Å². The molecule has 1 heterocycles. The smallest absolute Gasteiger partial charge is 0.252 e. The first-order chi connectivity index (χ1) is 9.26. The van der Waals surface area contributed by atoms with Crippen molar-refractivity contribution in [1.29, 1.82) is 0 Å². The molecule has 2 aliphatic rings. The monoisotopic (exact) mass is 260 g/mol. The van der Waals surface area contributed by atoms with Crippen molar-refractivity contribution in [2.45, 2.75) is 25.7 Å². The quantitative estimate of drug-likeness (QED) is 0.566. The highest BCUT2D eigenvalue weighted by Gasteiger charge is 2.39. The van der Waals surface area contributed by atoms with Gasteiger partial charge in [-0.1, -0.05) is 6.42 Å². The number of carbonyl (C=O) groups is 1. The molecule has 1 amide bonds. The number of pyridine rings is 1. The fraction of sp³-hybridized carbons (Fsp3) is 0.571. The van der Waals surface area contributed by atoms with E-state index in [0.29, 0.717) is 17.3 Å². The molecule has 1 aromatic rings. The van der Waals surface area contributed by atoms with Gasteiger partial charge >= 0.3 is 0 Å². The molecule has 0 aromatic carbocycles. The van der Waals surface area contributed by atoms with Crippen molar-refractivity contribution in [2.75, 3.05) is 12.0 Å². The van der Waals surface area contributed by atoms with E-state index >= 15 is 0 Å². The van der Waals surface area contributed by atoms with Crippen LogP contribution in [0.1, 0.15) is 36.0 Å². The van der Waals surface area contributed by atoms with Crippen LogP contribution >= 0.6 is 0 Å². The highest BCUT2D eigenvalue weighted by Crippen LogP contribution is 2.47. The summed E-state index contributed by atoms with van der Waals surface area (Å²) in [6.07, 6.45) is 6.96. The summed E-state index contributed by atoms with van der Waals surface area (Å²) in [5, 5.41) is 3.03. The van der Waals surface area contributed by atoms with Crippen molar-refractivity contribution in [3.8, 4) is 0 Å². The van der Waals surface area contributed by atoms with Crippen LogP contribution in [0.3, 0.4) is 0 Å². The van der Waals surface area contributed by atoms with Gasteiger partial charge in [-0.05, 0) is 49.1 Å². The van der Waals surface area contributed by atoms with E-state index in [-0.39, 0.29) is 5.91 Å². The van der Waals surface area contributed by atoms with E-state index in [4.69, 9.17) is 5.84 Å². The van der Waals surface area contributed by atoms with Crippen LogP contribution in [-0.4, -0.2) is 17.4 Å². The van der Waals surface area contributed by atoms with Crippen molar-refractivity contribution in [2.24, 2.45) is 23.6 Å². The number of hydrazine groups is 1. The summed E-state index contributed by atoms with van der Waals surface area (Å²) < 4.78 is 0. The molecule has 0 aliphatic heterocycles. The lowest BCUT2D eigenvalue weighted by Gasteiger charge is -2.21. The number of nitrogens with zero attached hydrogens (tertiary/aromatic N) is 1.